The maximum absolute atomic E-state index is 5.88. The molecule has 3 atom stereocenters. The van der Waals surface area contributed by atoms with Crippen molar-refractivity contribution in [2.45, 2.75) is 43.9 Å². The topological polar surface area (TPSA) is 64.1 Å². The smallest absolute Gasteiger partial charge is 0.231 e. The Kier molecular flexibility index (Phi) is 3.99. The molecule has 6 nitrogen and oxygen atoms in total. The molecule has 4 rings (SSSR count). The lowest BCUT2D eigenvalue weighted by Crippen LogP contribution is -2.47. The van der Waals surface area contributed by atoms with E-state index in [1.807, 2.05) is 19.2 Å². The van der Waals surface area contributed by atoms with Gasteiger partial charge in [0.1, 0.15) is 0 Å². The summed E-state index contributed by atoms with van der Waals surface area (Å²) in [7, 11) is 1.81. The molecule has 3 unspecified atom stereocenters. The van der Waals surface area contributed by atoms with E-state index < -0.39 is 0 Å². The van der Waals surface area contributed by atoms with E-state index in [2.05, 4.69) is 21.7 Å². The van der Waals surface area contributed by atoms with Crippen LogP contribution in [0.15, 0.2) is 23.2 Å². The highest BCUT2D eigenvalue weighted by atomic mass is 16.7. The first-order valence-electron chi connectivity index (χ1n) is 8.33. The van der Waals surface area contributed by atoms with Crippen molar-refractivity contribution in [3.8, 4) is 11.5 Å². The molecule has 124 valence electrons. The number of hydrogen-bond acceptors (Lipinski definition) is 4. The number of benzene rings is 1. The molecule has 0 aliphatic carbocycles. The standard InChI is InChI=1S/C17H23N3O3/c1-18-17(20-13-9-12-3-5-14(13)23-12)19-7-6-11-2-4-15-16(8-11)22-10-21-15/h2,4,8,12-14H,3,5-7,9-10H2,1H3,(H2,18,19,20). The van der Waals surface area contributed by atoms with Gasteiger partial charge in [-0.15, -0.1) is 0 Å². The maximum Gasteiger partial charge on any atom is 0.231 e. The summed E-state index contributed by atoms with van der Waals surface area (Å²) in [6.45, 7) is 1.14. The summed E-state index contributed by atoms with van der Waals surface area (Å²) in [6, 6.07) is 6.49. The van der Waals surface area contributed by atoms with Gasteiger partial charge in [-0.1, -0.05) is 6.07 Å². The van der Waals surface area contributed by atoms with Gasteiger partial charge in [0.25, 0.3) is 0 Å². The second-order valence-corrected chi connectivity index (χ2v) is 6.30. The van der Waals surface area contributed by atoms with Crippen molar-refractivity contribution in [1.29, 1.82) is 0 Å². The van der Waals surface area contributed by atoms with Gasteiger partial charge in [-0.05, 0) is 43.4 Å². The fourth-order valence-electron chi connectivity index (χ4n) is 3.58. The van der Waals surface area contributed by atoms with Crippen LogP contribution in [0.3, 0.4) is 0 Å². The zero-order valence-corrected chi connectivity index (χ0v) is 13.4. The number of fused-ring (bicyclic) bond motifs is 3. The van der Waals surface area contributed by atoms with Gasteiger partial charge in [0.2, 0.25) is 6.79 Å². The zero-order valence-electron chi connectivity index (χ0n) is 13.4. The first kappa shape index (κ1) is 14.6. The molecule has 3 aliphatic rings. The number of nitrogens with one attached hydrogen (secondary N) is 2. The summed E-state index contributed by atoms with van der Waals surface area (Å²) < 4.78 is 16.6. The average molecular weight is 317 g/mol. The third kappa shape index (κ3) is 3.08. The van der Waals surface area contributed by atoms with Crippen LogP contribution in [0, 0.1) is 0 Å². The summed E-state index contributed by atoms with van der Waals surface area (Å²) in [5, 5.41) is 6.88. The molecule has 0 amide bonds. The second kappa shape index (κ2) is 6.28. The third-order valence-corrected chi connectivity index (χ3v) is 4.79. The Morgan fingerprint density at radius 3 is 2.96 bits per heavy atom. The van der Waals surface area contributed by atoms with Gasteiger partial charge in [-0.2, -0.15) is 0 Å². The Hall–Kier alpha value is -1.95. The minimum absolute atomic E-state index is 0.319. The quantitative estimate of drug-likeness (QED) is 0.650. The molecule has 6 heteroatoms. The first-order chi connectivity index (χ1) is 11.3. The number of hydrogen-bond donors (Lipinski definition) is 2. The highest BCUT2D eigenvalue weighted by Gasteiger charge is 2.41. The van der Waals surface area contributed by atoms with Crippen molar-refractivity contribution in [3.05, 3.63) is 23.8 Å². The molecule has 0 radical (unpaired) electrons. The Morgan fingerprint density at radius 2 is 2.17 bits per heavy atom. The van der Waals surface area contributed by atoms with Gasteiger partial charge in [-0.3, -0.25) is 4.99 Å². The predicted octanol–water partition coefficient (Wildman–Crippen LogP) is 1.44. The van der Waals surface area contributed by atoms with E-state index in [-0.39, 0.29) is 0 Å². The fourth-order valence-corrected chi connectivity index (χ4v) is 3.58. The van der Waals surface area contributed by atoms with E-state index in [1.165, 1.54) is 12.0 Å². The molecule has 3 heterocycles. The summed E-state index contributed by atoms with van der Waals surface area (Å²) in [5.74, 6) is 2.52. The molecule has 2 N–H and O–H groups in total. The largest absolute Gasteiger partial charge is 0.454 e. The normalized spacial score (nSPS) is 28.2. The fraction of sp³-hybridized carbons (Fsp3) is 0.588. The lowest BCUT2D eigenvalue weighted by molar-refractivity contribution is 0.0992. The van der Waals surface area contributed by atoms with Crippen LogP contribution in [0.1, 0.15) is 24.8 Å². The SMILES string of the molecule is CN=C(NCCc1ccc2c(c1)OCO2)NC1CC2CCC1O2. The molecule has 3 aliphatic heterocycles. The van der Waals surface area contributed by atoms with Crippen molar-refractivity contribution < 1.29 is 14.2 Å². The molecular formula is C17H23N3O3. The van der Waals surface area contributed by atoms with Crippen molar-refractivity contribution in [1.82, 2.24) is 10.6 Å². The molecular weight excluding hydrogens is 294 g/mol. The zero-order chi connectivity index (χ0) is 15.6. The summed E-state index contributed by atoms with van der Waals surface area (Å²) >= 11 is 0. The van der Waals surface area contributed by atoms with Crippen LogP contribution in [0.2, 0.25) is 0 Å². The van der Waals surface area contributed by atoms with E-state index >= 15 is 0 Å². The van der Waals surface area contributed by atoms with Crippen LogP contribution >= 0.6 is 0 Å². The van der Waals surface area contributed by atoms with Crippen molar-refractivity contribution in [3.63, 3.8) is 0 Å². The van der Waals surface area contributed by atoms with Crippen molar-refractivity contribution in [2.24, 2.45) is 4.99 Å². The van der Waals surface area contributed by atoms with Gasteiger partial charge in [0.05, 0.1) is 18.2 Å². The summed E-state index contributed by atoms with van der Waals surface area (Å²) in [6.07, 6.45) is 5.17. The molecule has 2 fully saturated rings. The second-order valence-electron chi connectivity index (χ2n) is 6.30. The highest BCUT2D eigenvalue weighted by molar-refractivity contribution is 5.80. The van der Waals surface area contributed by atoms with E-state index in [1.54, 1.807) is 0 Å². The number of guanidine groups is 1. The number of rotatable bonds is 4. The summed E-state index contributed by atoms with van der Waals surface area (Å²) in [5.41, 5.74) is 1.22. The van der Waals surface area contributed by atoms with Gasteiger partial charge < -0.3 is 24.8 Å². The summed E-state index contributed by atoms with van der Waals surface area (Å²) in [4.78, 5) is 4.32. The van der Waals surface area contributed by atoms with E-state index in [9.17, 15) is 0 Å². The van der Waals surface area contributed by atoms with Gasteiger partial charge in [0.15, 0.2) is 17.5 Å². The van der Waals surface area contributed by atoms with Crippen LogP contribution in [0.4, 0.5) is 0 Å². The van der Waals surface area contributed by atoms with Crippen LogP contribution in [-0.2, 0) is 11.2 Å². The number of nitrogens with zero attached hydrogens (tertiary/aromatic N) is 1. The average Bonchev–Trinajstić information content (AvgIpc) is 3.29. The predicted molar refractivity (Wildman–Crippen MR) is 87.1 cm³/mol. The van der Waals surface area contributed by atoms with E-state index in [4.69, 9.17) is 14.2 Å². The molecule has 2 saturated heterocycles. The molecule has 1 aromatic rings. The lowest BCUT2D eigenvalue weighted by atomic mass is 9.96. The Labute approximate surface area is 136 Å². The van der Waals surface area contributed by atoms with Crippen molar-refractivity contribution in [2.75, 3.05) is 20.4 Å². The number of aliphatic imine (C=N–C) groups is 1. The minimum atomic E-state index is 0.319. The monoisotopic (exact) mass is 317 g/mol. The van der Waals surface area contributed by atoms with Gasteiger partial charge in [0, 0.05) is 13.6 Å². The first-order valence-corrected chi connectivity index (χ1v) is 8.33. The van der Waals surface area contributed by atoms with Crippen LogP contribution in [0.25, 0.3) is 0 Å². The van der Waals surface area contributed by atoms with E-state index in [0.717, 1.165) is 43.3 Å². The van der Waals surface area contributed by atoms with Crippen LogP contribution < -0.4 is 20.1 Å². The molecule has 23 heavy (non-hydrogen) atoms. The Bertz CT molecular complexity index is 605. The van der Waals surface area contributed by atoms with Crippen LogP contribution in [0.5, 0.6) is 11.5 Å². The Balaban J connectivity index is 1.26. The molecule has 0 spiro atoms. The molecule has 2 bridgehead atoms. The number of ether oxygens (including phenoxy) is 3. The van der Waals surface area contributed by atoms with Crippen LogP contribution in [-0.4, -0.2) is 44.6 Å². The van der Waals surface area contributed by atoms with Gasteiger partial charge in [-0.25, -0.2) is 0 Å². The molecule has 0 saturated carbocycles. The van der Waals surface area contributed by atoms with Gasteiger partial charge >= 0.3 is 0 Å². The lowest BCUT2D eigenvalue weighted by Gasteiger charge is -2.22. The molecule has 0 aromatic heterocycles. The molecule has 1 aromatic carbocycles. The van der Waals surface area contributed by atoms with E-state index in [0.29, 0.717) is 25.0 Å². The van der Waals surface area contributed by atoms with Crippen molar-refractivity contribution >= 4 is 5.96 Å². The minimum Gasteiger partial charge on any atom is -0.454 e. The maximum atomic E-state index is 5.88. The highest BCUT2D eigenvalue weighted by Crippen LogP contribution is 2.34. The Morgan fingerprint density at radius 1 is 1.26 bits per heavy atom. The third-order valence-electron chi connectivity index (χ3n) is 4.79.